The van der Waals surface area contributed by atoms with Crippen molar-refractivity contribution in [2.75, 3.05) is 0 Å². The van der Waals surface area contributed by atoms with Crippen molar-refractivity contribution in [3.05, 3.63) is 149 Å². The molecule has 0 heterocycles. The van der Waals surface area contributed by atoms with Crippen molar-refractivity contribution < 1.29 is 9.59 Å². The summed E-state index contributed by atoms with van der Waals surface area (Å²) in [5.41, 5.74) is 6.19. The van der Waals surface area contributed by atoms with Crippen molar-refractivity contribution in [2.24, 2.45) is 11.8 Å². The van der Waals surface area contributed by atoms with E-state index in [1.807, 2.05) is 111 Å². The lowest BCUT2D eigenvalue weighted by Gasteiger charge is -2.36. The third-order valence-corrected chi connectivity index (χ3v) is 7.99. The fourth-order valence-corrected chi connectivity index (χ4v) is 6.20. The Morgan fingerprint density at radius 3 is 1.76 bits per heavy atom. The van der Waals surface area contributed by atoms with Crippen LogP contribution in [0.25, 0.3) is 16.7 Å². The first-order valence-corrected chi connectivity index (χ1v) is 12.8. The number of carbonyl (C=O) groups excluding carboxylic acids is 2. The van der Waals surface area contributed by atoms with Gasteiger partial charge in [-0.05, 0) is 45.9 Å². The molecule has 180 valence electrons. The fraction of sp³-hybridized carbons (Fsp3) is 0.143. The summed E-state index contributed by atoms with van der Waals surface area (Å²) in [4.78, 5) is 29.2. The lowest BCUT2D eigenvalue weighted by Crippen LogP contribution is -2.43. The van der Waals surface area contributed by atoms with Crippen LogP contribution in [0.3, 0.4) is 0 Å². The van der Waals surface area contributed by atoms with Gasteiger partial charge in [-0.3, -0.25) is 9.59 Å². The summed E-state index contributed by atoms with van der Waals surface area (Å²) in [6.07, 6.45) is 2.09. The molecule has 0 aliphatic heterocycles. The van der Waals surface area contributed by atoms with Crippen LogP contribution in [0.5, 0.6) is 0 Å². The highest BCUT2D eigenvalue weighted by Crippen LogP contribution is 2.56. The lowest BCUT2D eigenvalue weighted by molar-refractivity contribution is -0.129. The number of fused-ring (bicyclic) bond motifs is 3. The number of hydrogen-bond acceptors (Lipinski definition) is 2. The standard InChI is InChI=1S/C35H28O2/c1-23-22-28(24-14-6-3-7-15-24)27-20-12-13-21-29(27)35(2)32(33(23)36)30(25-16-8-4-9-17-25)31(34(35)37)26-18-10-5-11-19-26/h3-23,32H,1-2H3/b28-22-/t23-,32-,35+/m1/s1. The minimum Gasteiger partial charge on any atom is -0.298 e. The molecule has 4 aromatic rings. The summed E-state index contributed by atoms with van der Waals surface area (Å²) in [5, 5.41) is 0. The Morgan fingerprint density at radius 2 is 1.14 bits per heavy atom. The van der Waals surface area contributed by atoms with E-state index in [-0.39, 0.29) is 17.5 Å². The monoisotopic (exact) mass is 480 g/mol. The van der Waals surface area contributed by atoms with Crippen molar-refractivity contribution >= 4 is 28.3 Å². The molecule has 3 atom stereocenters. The summed E-state index contributed by atoms with van der Waals surface area (Å²) in [6.45, 7) is 3.95. The predicted octanol–water partition coefficient (Wildman–Crippen LogP) is 7.40. The maximum Gasteiger partial charge on any atom is 0.175 e. The molecular formula is C35H28O2. The largest absolute Gasteiger partial charge is 0.298 e. The van der Waals surface area contributed by atoms with Crippen LogP contribution in [0.15, 0.2) is 121 Å². The molecule has 37 heavy (non-hydrogen) atoms. The molecule has 0 saturated heterocycles. The molecule has 0 amide bonds. The topological polar surface area (TPSA) is 34.1 Å². The molecule has 0 unspecified atom stereocenters. The van der Waals surface area contributed by atoms with Crippen LogP contribution in [0.4, 0.5) is 0 Å². The SMILES string of the molecule is C[C@@H]1/C=C(/c2ccccc2)c2ccccc2[C@]2(C)C(=O)C(c3ccccc3)=C(c3ccccc3)[C@@H]2C1=O. The average molecular weight is 481 g/mol. The zero-order valence-electron chi connectivity index (χ0n) is 21.0. The summed E-state index contributed by atoms with van der Waals surface area (Å²) in [7, 11) is 0. The minimum atomic E-state index is -1.04. The second kappa shape index (κ2) is 8.97. The predicted molar refractivity (Wildman–Crippen MR) is 150 cm³/mol. The molecule has 4 aromatic carbocycles. The van der Waals surface area contributed by atoms with E-state index in [2.05, 4.69) is 24.3 Å². The Bertz CT molecular complexity index is 1560. The first kappa shape index (κ1) is 23.1. The van der Waals surface area contributed by atoms with Crippen LogP contribution < -0.4 is 0 Å². The normalized spacial score (nSPS) is 24.5. The van der Waals surface area contributed by atoms with E-state index in [1.54, 1.807) is 0 Å². The van der Waals surface area contributed by atoms with Crippen LogP contribution in [0, 0.1) is 11.8 Å². The number of rotatable bonds is 3. The Kier molecular flexibility index (Phi) is 5.61. The summed E-state index contributed by atoms with van der Waals surface area (Å²) in [5.74, 6) is -0.884. The van der Waals surface area contributed by atoms with Crippen molar-refractivity contribution in [3.8, 4) is 0 Å². The highest BCUT2D eigenvalue weighted by molar-refractivity contribution is 6.38. The van der Waals surface area contributed by atoms with Gasteiger partial charge in [-0.25, -0.2) is 0 Å². The van der Waals surface area contributed by atoms with E-state index in [1.165, 1.54) is 0 Å². The molecule has 2 nitrogen and oxygen atoms in total. The molecule has 6 rings (SSSR count). The van der Waals surface area contributed by atoms with Gasteiger partial charge >= 0.3 is 0 Å². The zero-order chi connectivity index (χ0) is 25.6. The van der Waals surface area contributed by atoms with Crippen LogP contribution in [0.2, 0.25) is 0 Å². The quantitative estimate of drug-likeness (QED) is 0.306. The highest BCUT2D eigenvalue weighted by Gasteiger charge is 2.57. The van der Waals surface area contributed by atoms with Gasteiger partial charge in [-0.2, -0.15) is 0 Å². The van der Waals surface area contributed by atoms with Gasteiger partial charge in [-0.1, -0.05) is 128 Å². The molecule has 0 spiro atoms. The maximum absolute atomic E-state index is 14.7. The van der Waals surface area contributed by atoms with Crippen molar-refractivity contribution in [1.82, 2.24) is 0 Å². The van der Waals surface area contributed by atoms with Gasteiger partial charge in [0.25, 0.3) is 0 Å². The van der Waals surface area contributed by atoms with Gasteiger partial charge in [-0.15, -0.1) is 0 Å². The molecule has 0 bridgehead atoms. The summed E-state index contributed by atoms with van der Waals surface area (Å²) in [6, 6.07) is 38.1. The van der Waals surface area contributed by atoms with Gasteiger partial charge in [0, 0.05) is 11.5 Å². The Hall–Kier alpha value is -4.30. The second-order valence-electron chi connectivity index (χ2n) is 10.2. The van der Waals surface area contributed by atoms with Gasteiger partial charge in [0.2, 0.25) is 0 Å². The molecular weight excluding hydrogens is 452 g/mol. The van der Waals surface area contributed by atoms with E-state index in [4.69, 9.17) is 0 Å². The second-order valence-corrected chi connectivity index (χ2v) is 10.2. The Labute approximate surface area is 218 Å². The van der Waals surface area contributed by atoms with Crippen molar-refractivity contribution in [2.45, 2.75) is 19.3 Å². The summed E-state index contributed by atoms with van der Waals surface area (Å²) >= 11 is 0. The van der Waals surface area contributed by atoms with Crippen LogP contribution in [0.1, 0.15) is 41.7 Å². The smallest absolute Gasteiger partial charge is 0.175 e. The fourth-order valence-electron chi connectivity index (χ4n) is 6.20. The number of allylic oxidation sites excluding steroid dienone is 3. The van der Waals surface area contributed by atoms with E-state index in [0.717, 1.165) is 39.0 Å². The molecule has 2 aliphatic carbocycles. The van der Waals surface area contributed by atoms with Crippen LogP contribution >= 0.6 is 0 Å². The Morgan fingerprint density at radius 1 is 0.622 bits per heavy atom. The first-order valence-electron chi connectivity index (χ1n) is 12.8. The van der Waals surface area contributed by atoms with Crippen molar-refractivity contribution in [1.29, 1.82) is 0 Å². The molecule has 0 radical (unpaired) electrons. The lowest BCUT2D eigenvalue weighted by atomic mass is 9.63. The first-order chi connectivity index (χ1) is 18.0. The number of ketones is 2. The molecule has 0 N–H and O–H groups in total. The van der Waals surface area contributed by atoms with Crippen LogP contribution in [-0.4, -0.2) is 11.6 Å². The van der Waals surface area contributed by atoms with Gasteiger partial charge in [0.1, 0.15) is 5.78 Å². The van der Waals surface area contributed by atoms with E-state index >= 15 is 0 Å². The number of Topliss-reactive ketones (excluding diaryl/α,β-unsaturated/α-hetero) is 2. The van der Waals surface area contributed by atoms with E-state index in [9.17, 15) is 9.59 Å². The van der Waals surface area contributed by atoms with E-state index in [0.29, 0.717) is 5.57 Å². The maximum atomic E-state index is 14.7. The highest BCUT2D eigenvalue weighted by atomic mass is 16.1. The van der Waals surface area contributed by atoms with Gasteiger partial charge in [0.05, 0.1) is 11.3 Å². The molecule has 2 aliphatic rings. The third-order valence-electron chi connectivity index (χ3n) is 7.99. The minimum absolute atomic E-state index is 0.00450. The third kappa shape index (κ3) is 3.55. The zero-order valence-corrected chi connectivity index (χ0v) is 21.0. The van der Waals surface area contributed by atoms with Gasteiger partial charge < -0.3 is 0 Å². The van der Waals surface area contributed by atoms with Crippen molar-refractivity contribution in [3.63, 3.8) is 0 Å². The van der Waals surface area contributed by atoms with E-state index < -0.39 is 11.3 Å². The number of hydrogen-bond donors (Lipinski definition) is 0. The van der Waals surface area contributed by atoms with Gasteiger partial charge in [0.15, 0.2) is 5.78 Å². The number of carbonyl (C=O) groups is 2. The summed E-state index contributed by atoms with van der Waals surface area (Å²) < 4.78 is 0. The average Bonchev–Trinajstić information content (AvgIpc) is 3.19. The molecule has 0 aromatic heterocycles. The number of benzene rings is 4. The van der Waals surface area contributed by atoms with Crippen LogP contribution in [-0.2, 0) is 15.0 Å². The molecule has 0 saturated carbocycles. The molecule has 2 heteroatoms. The molecule has 0 fully saturated rings. The Balaban J connectivity index is 1.68.